The summed E-state index contributed by atoms with van der Waals surface area (Å²) in [5.74, 6) is -1.08. The number of aryl methyl sites for hydroxylation is 1. The largest absolute Gasteiger partial charge is 0.314 e. The molecule has 1 aromatic rings. The second kappa shape index (κ2) is 9.66. The average Bonchev–Trinajstić information content (AvgIpc) is 2.48. The van der Waals surface area contributed by atoms with Crippen LogP contribution < -0.4 is 5.32 Å². The van der Waals surface area contributed by atoms with Crippen LogP contribution in [0.5, 0.6) is 0 Å². The van der Waals surface area contributed by atoms with Crippen molar-refractivity contribution in [3.8, 4) is 0 Å². The van der Waals surface area contributed by atoms with E-state index >= 15 is 0 Å². The Kier molecular flexibility index (Phi) is 9.47. The Morgan fingerprint density at radius 3 is 2.27 bits per heavy atom. The van der Waals surface area contributed by atoms with Gasteiger partial charge in [0.15, 0.2) is 11.6 Å². The molecule has 6 heteroatoms. The van der Waals surface area contributed by atoms with Crippen molar-refractivity contribution < 1.29 is 8.78 Å². The minimum atomic E-state index is -0.703. The number of hydrogen-bond donors (Lipinski definition) is 1. The van der Waals surface area contributed by atoms with E-state index < -0.39 is 11.6 Å². The van der Waals surface area contributed by atoms with Crippen LogP contribution in [-0.4, -0.2) is 31.1 Å². The van der Waals surface area contributed by atoms with Crippen molar-refractivity contribution in [3.63, 3.8) is 0 Å². The number of benzene rings is 1. The first-order valence-electron chi connectivity index (χ1n) is 7.45. The highest BCUT2D eigenvalue weighted by molar-refractivity contribution is 5.85. The first-order chi connectivity index (χ1) is 9.56. The van der Waals surface area contributed by atoms with E-state index in [9.17, 15) is 8.78 Å². The highest BCUT2D eigenvalue weighted by atomic mass is 35.5. The van der Waals surface area contributed by atoms with Crippen LogP contribution in [0.4, 0.5) is 8.78 Å². The zero-order valence-corrected chi connectivity index (χ0v) is 15.0. The maximum absolute atomic E-state index is 14.3. The molecule has 1 fully saturated rings. The molecule has 0 aromatic heterocycles. The Morgan fingerprint density at radius 1 is 1.14 bits per heavy atom. The van der Waals surface area contributed by atoms with E-state index in [1.165, 1.54) is 0 Å². The van der Waals surface area contributed by atoms with Gasteiger partial charge in [0.2, 0.25) is 0 Å². The molecule has 1 aliphatic heterocycles. The number of piperazine rings is 1. The Morgan fingerprint density at radius 2 is 1.73 bits per heavy atom. The van der Waals surface area contributed by atoms with Crippen molar-refractivity contribution >= 4 is 24.8 Å². The molecule has 0 amide bonds. The molecule has 1 N–H and O–H groups in total. The third-order valence-electron chi connectivity index (χ3n) is 4.35. The van der Waals surface area contributed by atoms with Crippen LogP contribution in [0.3, 0.4) is 0 Å². The molecule has 2 nitrogen and oxygen atoms in total. The first-order valence-corrected chi connectivity index (χ1v) is 7.45. The van der Waals surface area contributed by atoms with Crippen LogP contribution in [-0.2, 0) is 0 Å². The first kappa shape index (κ1) is 21.6. The highest BCUT2D eigenvalue weighted by Gasteiger charge is 2.29. The van der Waals surface area contributed by atoms with Gasteiger partial charge < -0.3 is 5.32 Å². The van der Waals surface area contributed by atoms with Gasteiger partial charge >= 0.3 is 0 Å². The molecule has 0 saturated carbocycles. The van der Waals surface area contributed by atoms with Crippen molar-refractivity contribution in [2.45, 2.75) is 33.2 Å². The normalized spacial score (nSPS) is 18.0. The van der Waals surface area contributed by atoms with Gasteiger partial charge in [-0.25, -0.2) is 8.78 Å². The van der Waals surface area contributed by atoms with Crippen LogP contribution in [0.2, 0.25) is 0 Å². The van der Waals surface area contributed by atoms with Crippen molar-refractivity contribution in [1.82, 2.24) is 10.2 Å². The van der Waals surface area contributed by atoms with E-state index in [2.05, 4.69) is 24.1 Å². The molecular weight excluding hydrogens is 329 g/mol. The molecule has 0 spiro atoms. The van der Waals surface area contributed by atoms with Crippen molar-refractivity contribution in [2.75, 3.05) is 26.2 Å². The van der Waals surface area contributed by atoms with Gasteiger partial charge in [0.05, 0.1) is 0 Å². The average molecular weight is 355 g/mol. The van der Waals surface area contributed by atoms with Crippen molar-refractivity contribution in [3.05, 3.63) is 34.9 Å². The second-order valence-electron chi connectivity index (χ2n) is 5.72. The smallest absolute Gasteiger partial charge is 0.163 e. The van der Waals surface area contributed by atoms with Crippen LogP contribution in [0, 0.1) is 24.5 Å². The minimum absolute atomic E-state index is 0. The molecule has 1 aliphatic rings. The molecule has 1 unspecified atom stereocenters. The Bertz CT molecular complexity index is 466. The summed E-state index contributed by atoms with van der Waals surface area (Å²) in [4.78, 5) is 2.28. The van der Waals surface area contributed by atoms with Crippen LogP contribution in [0.1, 0.15) is 37.4 Å². The Hall–Kier alpha value is -0.420. The molecule has 22 heavy (non-hydrogen) atoms. The van der Waals surface area contributed by atoms with E-state index in [4.69, 9.17) is 0 Å². The standard InChI is InChI=1S/C16H24F2N2.2ClH/c1-4-11(2)16(20-9-7-19-8-10-20)13-6-5-12(3)14(17)15(13)18;;/h5-6,11,16,19H,4,7-10H2,1-3H3;2*1H/t11?,16-;;/m0../s1. The highest BCUT2D eigenvalue weighted by Crippen LogP contribution is 2.33. The lowest BCUT2D eigenvalue weighted by Crippen LogP contribution is -2.46. The number of rotatable bonds is 4. The third-order valence-corrected chi connectivity index (χ3v) is 4.35. The van der Waals surface area contributed by atoms with Gasteiger partial charge in [-0.1, -0.05) is 32.4 Å². The lowest BCUT2D eigenvalue weighted by Gasteiger charge is -2.38. The van der Waals surface area contributed by atoms with E-state index in [0.717, 1.165) is 32.6 Å². The molecular formula is C16H26Cl2F2N2. The number of hydrogen-bond acceptors (Lipinski definition) is 2. The second-order valence-corrected chi connectivity index (χ2v) is 5.72. The van der Waals surface area contributed by atoms with Crippen LogP contribution >= 0.6 is 24.8 Å². The van der Waals surface area contributed by atoms with E-state index in [-0.39, 0.29) is 30.9 Å². The molecule has 0 bridgehead atoms. The summed E-state index contributed by atoms with van der Waals surface area (Å²) in [6.07, 6.45) is 0.948. The molecule has 0 aliphatic carbocycles. The Balaban J connectivity index is 0.00000220. The Labute approximate surface area is 144 Å². The molecule has 0 radical (unpaired) electrons. The lowest BCUT2D eigenvalue weighted by atomic mass is 9.89. The van der Waals surface area contributed by atoms with Gasteiger partial charge in [0.25, 0.3) is 0 Å². The zero-order valence-electron chi connectivity index (χ0n) is 13.4. The molecule has 1 heterocycles. The summed E-state index contributed by atoms with van der Waals surface area (Å²) in [5, 5.41) is 3.30. The van der Waals surface area contributed by atoms with E-state index in [0.29, 0.717) is 17.0 Å². The number of nitrogens with zero attached hydrogens (tertiary/aromatic N) is 1. The van der Waals surface area contributed by atoms with Gasteiger partial charge in [0, 0.05) is 37.8 Å². The monoisotopic (exact) mass is 354 g/mol. The fourth-order valence-corrected chi connectivity index (χ4v) is 2.94. The topological polar surface area (TPSA) is 15.3 Å². The summed E-state index contributed by atoms with van der Waals surface area (Å²) in [6.45, 7) is 9.39. The molecule has 1 aromatic carbocycles. The van der Waals surface area contributed by atoms with Crippen molar-refractivity contribution in [2.24, 2.45) is 5.92 Å². The zero-order chi connectivity index (χ0) is 14.7. The predicted molar refractivity (Wildman–Crippen MR) is 92.2 cm³/mol. The SMILES string of the molecule is CCC(C)[C@@H](c1ccc(C)c(F)c1F)N1CCNCC1.Cl.Cl. The summed E-state index contributed by atoms with van der Waals surface area (Å²) >= 11 is 0. The lowest BCUT2D eigenvalue weighted by molar-refractivity contribution is 0.125. The van der Waals surface area contributed by atoms with Gasteiger partial charge in [0.1, 0.15) is 0 Å². The van der Waals surface area contributed by atoms with E-state index in [1.54, 1.807) is 19.1 Å². The van der Waals surface area contributed by atoms with E-state index in [1.807, 2.05) is 0 Å². The minimum Gasteiger partial charge on any atom is -0.314 e. The van der Waals surface area contributed by atoms with Crippen molar-refractivity contribution in [1.29, 1.82) is 0 Å². The number of nitrogens with one attached hydrogen (secondary N) is 1. The van der Waals surface area contributed by atoms with Gasteiger partial charge in [-0.15, -0.1) is 24.8 Å². The summed E-state index contributed by atoms with van der Waals surface area (Å²) in [6, 6.07) is 3.40. The molecule has 1 saturated heterocycles. The fraction of sp³-hybridized carbons (Fsp3) is 0.625. The fourth-order valence-electron chi connectivity index (χ4n) is 2.94. The van der Waals surface area contributed by atoms with Gasteiger partial charge in [-0.2, -0.15) is 0 Å². The van der Waals surface area contributed by atoms with Gasteiger partial charge in [-0.3, -0.25) is 4.90 Å². The van der Waals surface area contributed by atoms with Crippen LogP contribution in [0.15, 0.2) is 12.1 Å². The van der Waals surface area contributed by atoms with Gasteiger partial charge in [-0.05, 0) is 18.4 Å². The molecule has 2 rings (SSSR count). The predicted octanol–water partition coefficient (Wildman–Crippen LogP) is 4.11. The maximum Gasteiger partial charge on any atom is 0.163 e. The van der Waals surface area contributed by atoms with Crippen LogP contribution in [0.25, 0.3) is 0 Å². The number of halogens is 4. The maximum atomic E-state index is 14.3. The summed E-state index contributed by atoms with van der Waals surface area (Å²) in [7, 11) is 0. The third kappa shape index (κ3) is 4.54. The summed E-state index contributed by atoms with van der Waals surface area (Å²) < 4.78 is 28.2. The molecule has 128 valence electrons. The quantitative estimate of drug-likeness (QED) is 0.875. The summed E-state index contributed by atoms with van der Waals surface area (Å²) in [5.41, 5.74) is 0.874. The molecule has 2 atom stereocenters.